The Labute approximate surface area is 82.9 Å². The molecule has 1 amide bonds. The molecule has 0 saturated carbocycles. The zero-order chi connectivity index (χ0) is 11.0. The SMILES string of the molecule is C=C/C=C(\C=C)C(=O)ONC(=O)CC. The second-order valence-corrected chi connectivity index (χ2v) is 2.33. The van der Waals surface area contributed by atoms with Crippen LogP contribution in [0.4, 0.5) is 0 Å². The second-order valence-electron chi connectivity index (χ2n) is 2.33. The number of allylic oxidation sites excluding steroid dienone is 2. The minimum absolute atomic E-state index is 0.233. The average Bonchev–Trinajstić information content (AvgIpc) is 2.21. The van der Waals surface area contributed by atoms with Crippen LogP contribution in [0, 0.1) is 0 Å². The van der Waals surface area contributed by atoms with Gasteiger partial charge in [0.15, 0.2) is 0 Å². The summed E-state index contributed by atoms with van der Waals surface area (Å²) >= 11 is 0. The summed E-state index contributed by atoms with van der Waals surface area (Å²) in [6.45, 7) is 8.49. The van der Waals surface area contributed by atoms with Crippen molar-refractivity contribution in [3.63, 3.8) is 0 Å². The van der Waals surface area contributed by atoms with Gasteiger partial charge in [-0.1, -0.05) is 32.2 Å². The Kier molecular flexibility index (Phi) is 5.78. The van der Waals surface area contributed by atoms with Crippen molar-refractivity contribution in [1.29, 1.82) is 0 Å². The van der Waals surface area contributed by atoms with Gasteiger partial charge in [-0.2, -0.15) is 5.48 Å². The maximum absolute atomic E-state index is 11.2. The van der Waals surface area contributed by atoms with E-state index in [1.54, 1.807) is 6.92 Å². The molecule has 76 valence electrons. The van der Waals surface area contributed by atoms with Gasteiger partial charge in [-0.25, -0.2) is 4.79 Å². The molecule has 14 heavy (non-hydrogen) atoms. The van der Waals surface area contributed by atoms with E-state index in [-0.39, 0.29) is 17.9 Å². The van der Waals surface area contributed by atoms with E-state index in [4.69, 9.17) is 0 Å². The van der Waals surface area contributed by atoms with Crippen molar-refractivity contribution >= 4 is 11.9 Å². The second kappa shape index (κ2) is 6.65. The molecule has 0 heterocycles. The maximum Gasteiger partial charge on any atom is 0.362 e. The molecule has 0 aromatic heterocycles. The number of carbonyl (C=O) groups excluding carboxylic acids is 2. The van der Waals surface area contributed by atoms with Crippen molar-refractivity contribution in [3.05, 3.63) is 37.0 Å². The zero-order valence-electron chi connectivity index (χ0n) is 8.08. The molecule has 0 atom stereocenters. The quantitative estimate of drug-likeness (QED) is 0.417. The maximum atomic E-state index is 11.2. The Morgan fingerprint density at radius 3 is 2.50 bits per heavy atom. The first-order chi connectivity index (χ1) is 6.65. The molecular formula is C10H13NO3. The molecule has 4 nitrogen and oxygen atoms in total. The summed E-state index contributed by atoms with van der Waals surface area (Å²) in [4.78, 5) is 26.4. The molecule has 0 aliphatic carbocycles. The molecule has 0 unspecified atom stereocenters. The fourth-order valence-corrected chi connectivity index (χ4v) is 0.581. The Bertz CT molecular complexity index is 279. The lowest BCUT2D eigenvalue weighted by molar-refractivity contribution is -0.154. The summed E-state index contributed by atoms with van der Waals surface area (Å²) in [5.74, 6) is -1.03. The lowest BCUT2D eigenvalue weighted by Gasteiger charge is -2.03. The zero-order valence-corrected chi connectivity index (χ0v) is 8.08. The molecule has 0 radical (unpaired) electrons. The average molecular weight is 195 g/mol. The Morgan fingerprint density at radius 1 is 1.43 bits per heavy atom. The lowest BCUT2D eigenvalue weighted by Crippen LogP contribution is -2.26. The van der Waals surface area contributed by atoms with Crippen LogP contribution in [0.3, 0.4) is 0 Å². The van der Waals surface area contributed by atoms with Gasteiger partial charge in [-0.05, 0) is 6.08 Å². The third-order valence-electron chi connectivity index (χ3n) is 1.33. The lowest BCUT2D eigenvalue weighted by atomic mass is 10.2. The van der Waals surface area contributed by atoms with Gasteiger partial charge in [0.1, 0.15) is 0 Å². The molecule has 1 N–H and O–H groups in total. The summed E-state index contributed by atoms with van der Waals surface area (Å²) in [6, 6.07) is 0. The van der Waals surface area contributed by atoms with Crippen molar-refractivity contribution in [3.8, 4) is 0 Å². The van der Waals surface area contributed by atoms with Crippen LogP contribution in [0.2, 0.25) is 0 Å². The van der Waals surface area contributed by atoms with Crippen LogP contribution < -0.4 is 5.48 Å². The molecule has 0 aromatic carbocycles. The number of nitrogens with one attached hydrogen (secondary N) is 1. The van der Waals surface area contributed by atoms with E-state index in [2.05, 4.69) is 18.0 Å². The first-order valence-corrected chi connectivity index (χ1v) is 4.10. The number of hydroxylamine groups is 1. The van der Waals surface area contributed by atoms with Crippen LogP contribution in [-0.2, 0) is 14.4 Å². The molecule has 0 rings (SSSR count). The molecule has 0 spiro atoms. The normalized spacial score (nSPS) is 10.2. The third-order valence-corrected chi connectivity index (χ3v) is 1.33. The van der Waals surface area contributed by atoms with Crippen molar-refractivity contribution < 1.29 is 14.4 Å². The van der Waals surface area contributed by atoms with E-state index in [1.165, 1.54) is 18.2 Å². The van der Waals surface area contributed by atoms with Crippen LogP contribution >= 0.6 is 0 Å². The Morgan fingerprint density at radius 2 is 2.07 bits per heavy atom. The molecule has 0 aliphatic rings. The van der Waals surface area contributed by atoms with E-state index in [1.807, 2.05) is 5.48 Å². The summed E-state index contributed by atoms with van der Waals surface area (Å²) < 4.78 is 0. The van der Waals surface area contributed by atoms with Crippen LogP contribution in [0.25, 0.3) is 0 Å². The van der Waals surface area contributed by atoms with Gasteiger partial charge in [0.25, 0.3) is 5.91 Å². The summed E-state index contributed by atoms with van der Waals surface area (Å²) in [7, 11) is 0. The topological polar surface area (TPSA) is 55.4 Å². The van der Waals surface area contributed by atoms with Crippen LogP contribution in [0.5, 0.6) is 0 Å². The predicted molar refractivity (Wildman–Crippen MR) is 53.0 cm³/mol. The van der Waals surface area contributed by atoms with Gasteiger partial charge in [0, 0.05) is 6.42 Å². The van der Waals surface area contributed by atoms with Crippen molar-refractivity contribution in [2.24, 2.45) is 0 Å². The molecule has 0 saturated heterocycles. The first kappa shape index (κ1) is 12.2. The molecular weight excluding hydrogens is 182 g/mol. The highest BCUT2D eigenvalue weighted by Gasteiger charge is 2.08. The molecule has 0 bridgehead atoms. The number of rotatable bonds is 4. The Balaban J connectivity index is 4.19. The minimum atomic E-state index is -0.665. The van der Waals surface area contributed by atoms with Crippen molar-refractivity contribution in [2.75, 3.05) is 0 Å². The molecule has 0 aliphatic heterocycles. The van der Waals surface area contributed by atoms with E-state index in [9.17, 15) is 9.59 Å². The molecule has 0 aromatic rings. The van der Waals surface area contributed by atoms with Gasteiger partial charge in [0.05, 0.1) is 5.57 Å². The summed E-state index contributed by atoms with van der Waals surface area (Å²) in [5.41, 5.74) is 2.23. The van der Waals surface area contributed by atoms with Crippen LogP contribution in [-0.4, -0.2) is 11.9 Å². The highest BCUT2D eigenvalue weighted by Crippen LogP contribution is 1.98. The fourth-order valence-electron chi connectivity index (χ4n) is 0.581. The number of hydrogen-bond acceptors (Lipinski definition) is 3. The minimum Gasteiger partial charge on any atom is -0.335 e. The highest BCUT2D eigenvalue weighted by molar-refractivity contribution is 5.92. The van der Waals surface area contributed by atoms with Gasteiger partial charge < -0.3 is 4.84 Å². The number of carbonyl (C=O) groups is 2. The van der Waals surface area contributed by atoms with Crippen molar-refractivity contribution in [1.82, 2.24) is 5.48 Å². The van der Waals surface area contributed by atoms with E-state index >= 15 is 0 Å². The van der Waals surface area contributed by atoms with E-state index in [0.29, 0.717) is 0 Å². The largest absolute Gasteiger partial charge is 0.362 e. The van der Waals surface area contributed by atoms with Gasteiger partial charge in [-0.15, -0.1) is 0 Å². The van der Waals surface area contributed by atoms with Crippen LogP contribution in [0.1, 0.15) is 13.3 Å². The van der Waals surface area contributed by atoms with Gasteiger partial charge >= 0.3 is 5.97 Å². The summed E-state index contributed by atoms with van der Waals surface area (Å²) in [5, 5.41) is 0. The Hall–Kier alpha value is -1.84. The monoisotopic (exact) mass is 195 g/mol. The summed E-state index contributed by atoms with van der Waals surface area (Å²) in [6.07, 6.45) is 4.44. The standard InChI is InChI=1S/C10H13NO3/c1-4-7-8(5-2)10(13)14-11-9(12)6-3/h4-5,7H,1-2,6H2,3H3,(H,11,12)/b8-7+. The van der Waals surface area contributed by atoms with Gasteiger partial charge in [0.2, 0.25) is 0 Å². The van der Waals surface area contributed by atoms with E-state index < -0.39 is 5.97 Å². The fraction of sp³-hybridized carbons (Fsp3) is 0.200. The van der Waals surface area contributed by atoms with E-state index in [0.717, 1.165) is 0 Å². The molecule has 0 fully saturated rings. The van der Waals surface area contributed by atoms with Gasteiger partial charge in [-0.3, -0.25) is 4.79 Å². The number of amides is 1. The van der Waals surface area contributed by atoms with Crippen molar-refractivity contribution in [2.45, 2.75) is 13.3 Å². The number of hydrogen-bond donors (Lipinski definition) is 1. The molecule has 4 heteroatoms. The predicted octanol–water partition coefficient (Wildman–Crippen LogP) is 1.27. The highest BCUT2D eigenvalue weighted by atomic mass is 16.7. The first-order valence-electron chi connectivity index (χ1n) is 4.10. The van der Waals surface area contributed by atoms with Crippen LogP contribution in [0.15, 0.2) is 37.0 Å². The smallest absolute Gasteiger partial charge is 0.335 e. The third kappa shape index (κ3) is 4.25.